The lowest BCUT2D eigenvalue weighted by Gasteiger charge is -2.16. The molecule has 0 N–H and O–H groups in total. The van der Waals surface area contributed by atoms with Crippen molar-refractivity contribution in [3.05, 3.63) is 65.4 Å². The Morgan fingerprint density at radius 1 is 1.00 bits per heavy atom. The van der Waals surface area contributed by atoms with E-state index in [1.54, 1.807) is 7.11 Å². The van der Waals surface area contributed by atoms with E-state index in [9.17, 15) is 0 Å². The molecule has 3 rings (SSSR count). The summed E-state index contributed by atoms with van der Waals surface area (Å²) in [6.07, 6.45) is 6.46. The van der Waals surface area contributed by atoms with Gasteiger partial charge < -0.3 is 4.74 Å². The Bertz CT molecular complexity index is 677. The van der Waals surface area contributed by atoms with Crippen LogP contribution in [-0.4, -0.2) is 7.11 Å². The van der Waals surface area contributed by atoms with Crippen molar-refractivity contribution in [3.8, 4) is 0 Å². The first kappa shape index (κ1) is 12.0. The summed E-state index contributed by atoms with van der Waals surface area (Å²) in [5.74, 6) is 0.978. The average molecular weight is 250 g/mol. The fourth-order valence-corrected chi connectivity index (χ4v) is 2.76. The third-order valence-corrected chi connectivity index (χ3v) is 3.80. The topological polar surface area (TPSA) is 9.23 Å². The molecule has 2 aromatic carbocycles. The Kier molecular flexibility index (Phi) is 3.12. The number of rotatable bonds is 2. The average Bonchev–Trinajstić information content (AvgIpc) is 2.48. The van der Waals surface area contributed by atoms with Crippen molar-refractivity contribution in [3.63, 3.8) is 0 Å². The summed E-state index contributed by atoms with van der Waals surface area (Å²) in [5.41, 5.74) is 4.04. The minimum absolute atomic E-state index is 0.978. The summed E-state index contributed by atoms with van der Waals surface area (Å²) in [4.78, 5) is 0. The van der Waals surface area contributed by atoms with Crippen LogP contribution in [0, 0.1) is 6.92 Å². The van der Waals surface area contributed by atoms with E-state index < -0.39 is 0 Å². The fourth-order valence-electron chi connectivity index (χ4n) is 2.76. The van der Waals surface area contributed by atoms with Crippen LogP contribution in [0.3, 0.4) is 0 Å². The quantitative estimate of drug-likeness (QED) is 0.740. The normalized spacial score (nSPS) is 15.1. The van der Waals surface area contributed by atoms with Gasteiger partial charge in [0.25, 0.3) is 0 Å². The molecule has 2 aromatic rings. The van der Waals surface area contributed by atoms with E-state index in [0.717, 1.165) is 18.6 Å². The Morgan fingerprint density at radius 2 is 1.79 bits per heavy atom. The molecular formula is C18H18O. The molecule has 1 nitrogen and oxygen atoms in total. The summed E-state index contributed by atoms with van der Waals surface area (Å²) >= 11 is 0. The predicted molar refractivity (Wildman–Crippen MR) is 81.0 cm³/mol. The molecule has 0 fully saturated rings. The second-order valence-corrected chi connectivity index (χ2v) is 4.99. The monoisotopic (exact) mass is 250 g/mol. The summed E-state index contributed by atoms with van der Waals surface area (Å²) in [7, 11) is 1.73. The lowest BCUT2D eigenvalue weighted by atomic mass is 9.91. The minimum atomic E-state index is 0.978. The molecule has 0 saturated heterocycles. The summed E-state index contributed by atoms with van der Waals surface area (Å²) in [6, 6.07) is 13.1. The maximum absolute atomic E-state index is 5.36. The molecule has 0 atom stereocenters. The van der Waals surface area contributed by atoms with E-state index in [4.69, 9.17) is 4.74 Å². The zero-order chi connectivity index (χ0) is 13.2. The van der Waals surface area contributed by atoms with Crippen LogP contribution in [0.15, 0.2) is 54.3 Å². The number of allylic oxidation sites excluding steroid dienone is 3. The zero-order valence-electron chi connectivity index (χ0n) is 11.4. The molecule has 0 unspecified atom stereocenters. The number of aryl methyl sites for hydroxylation is 1. The molecule has 0 bridgehead atoms. The van der Waals surface area contributed by atoms with Crippen molar-refractivity contribution >= 4 is 16.3 Å². The van der Waals surface area contributed by atoms with Gasteiger partial charge in [0.1, 0.15) is 5.76 Å². The zero-order valence-corrected chi connectivity index (χ0v) is 11.4. The first-order valence-corrected chi connectivity index (χ1v) is 6.73. The van der Waals surface area contributed by atoms with Crippen molar-refractivity contribution < 1.29 is 4.74 Å². The first-order chi connectivity index (χ1) is 9.29. The highest BCUT2D eigenvalue weighted by Gasteiger charge is 2.11. The minimum Gasteiger partial charge on any atom is -0.497 e. The Labute approximate surface area is 114 Å². The van der Waals surface area contributed by atoms with Crippen molar-refractivity contribution in [1.82, 2.24) is 0 Å². The summed E-state index contributed by atoms with van der Waals surface area (Å²) in [5, 5.41) is 2.68. The molecule has 0 radical (unpaired) electrons. The van der Waals surface area contributed by atoms with Gasteiger partial charge >= 0.3 is 0 Å². The van der Waals surface area contributed by atoms with E-state index in [-0.39, 0.29) is 0 Å². The maximum Gasteiger partial charge on any atom is 0.115 e. The third kappa shape index (κ3) is 2.17. The fraction of sp³-hybridized carbons (Fsp3) is 0.222. The highest BCUT2D eigenvalue weighted by molar-refractivity contribution is 5.96. The highest BCUT2D eigenvalue weighted by Crippen LogP contribution is 2.32. The number of benzene rings is 2. The Hall–Kier alpha value is -2.02. The van der Waals surface area contributed by atoms with Gasteiger partial charge in [-0.25, -0.2) is 0 Å². The lowest BCUT2D eigenvalue weighted by molar-refractivity contribution is 0.304. The van der Waals surface area contributed by atoms with Gasteiger partial charge in [-0.05, 0) is 59.4 Å². The molecular weight excluding hydrogens is 232 g/mol. The lowest BCUT2D eigenvalue weighted by Crippen LogP contribution is -1.95. The number of ether oxygens (including phenoxy) is 1. The molecule has 0 saturated carbocycles. The van der Waals surface area contributed by atoms with Crippen LogP contribution in [0.4, 0.5) is 0 Å². The van der Waals surface area contributed by atoms with Crippen LogP contribution in [-0.2, 0) is 4.74 Å². The maximum atomic E-state index is 5.36. The molecule has 1 heteroatoms. The van der Waals surface area contributed by atoms with Crippen molar-refractivity contribution in [2.75, 3.05) is 7.11 Å². The third-order valence-electron chi connectivity index (χ3n) is 3.80. The van der Waals surface area contributed by atoms with E-state index in [1.165, 1.54) is 27.5 Å². The predicted octanol–water partition coefficient (Wildman–Crippen LogP) is 4.86. The Balaban J connectivity index is 2.19. The van der Waals surface area contributed by atoms with Gasteiger partial charge in [-0.15, -0.1) is 0 Å². The van der Waals surface area contributed by atoms with E-state index in [2.05, 4.69) is 55.5 Å². The van der Waals surface area contributed by atoms with Gasteiger partial charge in [0, 0.05) is 0 Å². The number of hydrogen-bond acceptors (Lipinski definition) is 1. The standard InChI is InChI=1S/C18H18O/c1-13-10-11-17(18-9-4-3-8-16(13)18)14-6-5-7-15(12-14)19-2/h3-4,7-12H,5-6H2,1-2H3. The summed E-state index contributed by atoms with van der Waals surface area (Å²) in [6.45, 7) is 2.17. The van der Waals surface area contributed by atoms with E-state index in [0.29, 0.717) is 0 Å². The van der Waals surface area contributed by atoms with Crippen LogP contribution in [0.25, 0.3) is 16.3 Å². The SMILES string of the molecule is COC1=CCCC(c2ccc(C)c3ccccc23)=C1. The van der Waals surface area contributed by atoms with E-state index in [1.807, 2.05) is 0 Å². The molecule has 1 aliphatic carbocycles. The molecule has 0 heterocycles. The molecule has 0 amide bonds. The molecule has 0 aromatic heterocycles. The number of hydrogen-bond donors (Lipinski definition) is 0. The van der Waals surface area contributed by atoms with Gasteiger partial charge in [-0.2, -0.15) is 0 Å². The van der Waals surface area contributed by atoms with Crippen LogP contribution in [0.2, 0.25) is 0 Å². The smallest absolute Gasteiger partial charge is 0.115 e. The van der Waals surface area contributed by atoms with Gasteiger partial charge in [-0.1, -0.05) is 36.4 Å². The van der Waals surface area contributed by atoms with Gasteiger partial charge in [0.15, 0.2) is 0 Å². The van der Waals surface area contributed by atoms with Gasteiger partial charge in [0.05, 0.1) is 7.11 Å². The van der Waals surface area contributed by atoms with Crippen molar-refractivity contribution in [2.24, 2.45) is 0 Å². The molecule has 0 aliphatic heterocycles. The molecule has 96 valence electrons. The van der Waals surface area contributed by atoms with Gasteiger partial charge in [-0.3, -0.25) is 0 Å². The highest BCUT2D eigenvalue weighted by atomic mass is 16.5. The molecule has 0 spiro atoms. The second kappa shape index (κ2) is 4.93. The molecule has 1 aliphatic rings. The van der Waals surface area contributed by atoms with Crippen LogP contribution in [0.1, 0.15) is 24.0 Å². The molecule has 19 heavy (non-hydrogen) atoms. The number of methoxy groups -OCH3 is 1. The van der Waals surface area contributed by atoms with Gasteiger partial charge in [0.2, 0.25) is 0 Å². The second-order valence-electron chi connectivity index (χ2n) is 4.99. The van der Waals surface area contributed by atoms with Crippen molar-refractivity contribution in [2.45, 2.75) is 19.8 Å². The Morgan fingerprint density at radius 3 is 2.58 bits per heavy atom. The van der Waals surface area contributed by atoms with Crippen LogP contribution >= 0.6 is 0 Å². The van der Waals surface area contributed by atoms with Crippen LogP contribution < -0.4 is 0 Å². The first-order valence-electron chi connectivity index (χ1n) is 6.73. The van der Waals surface area contributed by atoms with Crippen molar-refractivity contribution in [1.29, 1.82) is 0 Å². The van der Waals surface area contributed by atoms with Crippen LogP contribution in [0.5, 0.6) is 0 Å². The number of fused-ring (bicyclic) bond motifs is 1. The largest absolute Gasteiger partial charge is 0.497 e. The summed E-state index contributed by atoms with van der Waals surface area (Å²) < 4.78 is 5.36. The van der Waals surface area contributed by atoms with E-state index >= 15 is 0 Å².